The number of allylic oxidation sites excluding steroid dienone is 2. The van der Waals surface area contributed by atoms with E-state index >= 15 is 0 Å². The second kappa shape index (κ2) is 4.13. The van der Waals surface area contributed by atoms with Crippen molar-refractivity contribution in [2.75, 3.05) is 4.90 Å². The maximum absolute atomic E-state index is 12.6. The van der Waals surface area contributed by atoms with E-state index in [0.717, 1.165) is 6.42 Å². The smallest absolute Gasteiger partial charge is 0.238 e. The molecule has 4 heteroatoms. The first-order valence-corrected chi connectivity index (χ1v) is 7.25. The number of amides is 2. The fraction of sp³-hybridized carbons (Fsp3) is 0.353. The van der Waals surface area contributed by atoms with Crippen LogP contribution in [-0.4, -0.2) is 17.6 Å². The monoisotopic (exact) mass is 281 g/mol. The molecule has 3 aliphatic rings. The van der Waals surface area contributed by atoms with Crippen molar-refractivity contribution in [3.8, 4) is 0 Å². The molecule has 106 valence electrons. The molecule has 2 bridgehead atoms. The van der Waals surface area contributed by atoms with E-state index in [2.05, 4.69) is 12.2 Å². The summed E-state index contributed by atoms with van der Waals surface area (Å²) in [7, 11) is 0. The molecule has 1 heterocycles. The molecule has 1 saturated heterocycles. The number of nitrogens with zero attached hydrogens (tertiary/aromatic N) is 1. The third-order valence-corrected chi connectivity index (χ3v) is 5.00. The van der Waals surface area contributed by atoms with Crippen LogP contribution >= 0.6 is 0 Å². The molecule has 21 heavy (non-hydrogen) atoms. The number of ketones is 1. The molecule has 0 N–H and O–H groups in total. The van der Waals surface area contributed by atoms with Crippen LogP contribution in [-0.2, 0) is 9.59 Å². The molecule has 1 aliphatic heterocycles. The molecule has 0 radical (unpaired) electrons. The zero-order chi connectivity index (χ0) is 14.7. The average molecular weight is 281 g/mol. The summed E-state index contributed by atoms with van der Waals surface area (Å²) in [4.78, 5) is 37.8. The van der Waals surface area contributed by atoms with Crippen molar-refractivity contribution >= 4 is 23.3 Å². The normalized spacial score (nSPS) is 32.9. The number of hydrogen-bond donors (Lipinski definition) is 0. The molecular formula is C17H15NO3. The van der Waals surface area contributed by atoms with Crippen LogP contribution in [0.25, 0.3) is 0 Å². The van der Waals surface area contributed by atoms with Gasteiger partial charge in [-0.1, -0.05) is 12.2 Å². The highest BCUT2D eigenvalue weighted by molar-refractivity contribution is 6.22. The zero-order valence-electron chi connectivity index (χ0n) is 11.7. The molecule has 4 rings (SSSR count). The number of Topliss-reactive ketones (excluding diaryl/α,β-unsaturated/α-hetero) is 1. The van der Waals surface area contributed by atoms with Crippen LogP contribution in [0.4, 0.5) is 5.69 Å². The summed E-state index contributed by atoms with van der Waals surface area (Å²) < 4.78 is 0. The third kappa shape index (κ3) is 1.59. The van der Waals surface area contributed by atoms with Gasteiger partial charge in [-0.2, -0.15) is 0 Å². The highest BCUT2D eigenvalue weighted by atomic mass is 16.2. The van der Waals surface area contributed by atoms with Gasteiger partial charge in [0.05, 0.1) is 17.5 Å². The van der Waals surface area contributed by atoms with Crippen molar-refractivity contribution in [3.05, 3.63) is 42.0 Å². The van der Waals surface area contributed by atoms with Crippen LogP contribution in [0.5, 0.6) is 0 Å². The number of imide groups is 1. The summed E-state index contributed by atoms with van der Waals surface area (Å²) in [5.74, 6) is -0.120. The summed E-state index contributed by atoms with van der Waals surface area (Å²) in [6.45, 7) is 1.49. The van der Waals surface area contributed by atoms with E-state index in [4.69, 9.17) is 0 Å². The lowest BCUT2D eigenvalue weighted by Gasteiger charge is -2.17. The molecule has 2 aliphatic carbocycles. The van der Waals surface area contributed by atoms with Crippen molar-refractivity contribution in [1.82, 2.24) is 0 Å². The minimum atomic E-state index is -0.181. The number of carbonyl (C=O) groups is 3. The fourth-order valence-corrected chi connectivity index (χ4v) is 4.00. The summed E-state index contributed by atoms with van der Waals surface area (Å²) >= 11 is 0. The first-order valence-electron chi connectivity index (χ1n) is 7.25. The second-order valence-electron chi connectivity index (χ2n) is 6.11. The summed E-state index contributed by atoms with van der Waals surface area (Å²) in [6.07, 6.45) is 5.10. The SMILES string of the molecule is CC(=O)c1ccc(N2C(=O)[C@@H]3C4C=CC(C4)[C@@H]3C2=O)cc1. The van der Waals surface area contributed by atoms with E-state index in [-0.39, 0.29) is 41.3 Å². The Balaban J connectivity index is 1.69. The average Bonchev–Trinajstić information content (AvgIpc) is 3.13. The predicted molar refractivity (Wildman–Crippen MR) is 76.7 cm³/mol. The number of anilines is 1. The zero-order valence-corrected chi connectivity index (χ0v) is 11.7. The first-order chi connectivity index (χ1) is 10.1. The number of rotatable bonds is 2. The Morgan fingerprint density at radius 3 is 2.00 bits per heavy atom. The van der Waals surface area contributed by atoms with Crippen molar-refractivity contribution in [2.24, 2.45) is 23.7 Å². The van der Waals surface area contributed by atoms with Gasteiger partial charge in [0.25, 0.3) is 0 Å². The highest BCUT2D eigenvalue weighted by Crippen LogP contribution is 2.53. The summed E-state index contributed by atoms with van der Waals surface area (Å²) in [5, 5.41) is 0. The minimum absolute atomic E-state index is 0.0280. The number of benzene rings is 1. The Morgan fingerprint density at radius 1 is 1.00 bits per heavy atom. The van der Waals surface area contributed by atoms with Crippen molar-refractivity contribution in [1.29, 1.82) is 0 Å². The molecule has 4 atom stereocenters. The van der Waals surface area contributed by atoms with Crippen LogP contribution in [0, 0.1) is 23.7 Å². The molecular weight excluding hydrogens is 266 g/mol. The Labute approximate surface area is 122 Å². The van der Waals surface area contributed by atoms with Gasteiger partial charge in [-0.05, 0) is 49.4 Å². The van der Waals surface area contributed by atoms with Crippen LogP contribution in [0.15, 0.2) is 36.4 Å². The predicted octanol–water partition coefficient (Wildman–Crippen LogP) is 2.20. The van der Waals surface area contributed by atoms with Gasteiger partial charge in [0.15, 0.2) is 5.78 Å². The molecule has 4 nitrogen and oxygen atoms in total. The Kier molecular flexibility index (Phi) is 2.46. The van der Waals surface area contributed by atoms with Crippen molar-refractivity contribution in [2.45, 2.75) is 13.3 Å². The quantitative estimate of drug-likeness (QED) is 0.474. The molecule has 0 aromatic heterocycles. The van der Waals surface area contributed by atoms with Gasteiger partial charge < -0.3 is 0 Å². The van der Waals surface area contributed by atoms with Crippen LogP contribution < -0.4 is 4.90 Å². The van der Waals surface area contributed by atoms with Crippen molar-refractivity contribution in [3.63, 3.8) is 0 Å². The lowest BCUT2D eigenvalue weighted by atomic mass is 9.85. The number of carbonyl (C=O) groups excluding carboxylic acids is 3. The summed E-state index contributed by atoms with van der Waals surface area (Å²) in [5.41, 5.74) is 1.16. The van der Waals surface area contributed by atoms with E-state index in [1.54, 1.807) is 24.3 Å². The lowest BCUT2D eigenvalue weighted by molar-refractivity contribution is -0.123. The summed E-state index contributed by atoms with van der Waals surface area (Å²) in [6, 6.07) is 6.70. The Morgan fingerprint density at radius 2 is 1.52 bits per heavy atom. The van der Waals surface area contributed by atoms with Crippen LogP contribution in [0.3, 0.4) is 0 Å². The van der Waals surface area contributed by atoms with E-state index in [1.165, 1.54) is 11.8 Å². The largest absolute Gasteiger partial charge is 0.295 e. The maximum atomic E-state index is 12.6. The third-order valence-electron chi connectivity index (χ3n) is 5.00. The second-order valence-corrected chi connectivity index (χ2v) is 6.11. The van der Waals surface area contributed by atoms with E-state index in [0.29, 0.717) is 11.3 Å². The van der Waals surface area contributed by atoms with E-state index in [9.17, 15) is 14.4 Å². The van der Waals surface area contributed by atoms with Gasteiger partial charge in [-0.3, -0.25) is 19.3 Å². The van der Waals surface area contributed by atoms with Gasteiger partial charge in [-0.25, -0.2) is 0 Å². The van der Waals surface area contributed by atoms with Gasteiger partial charge in [-0.15, -0.1) is 0 Å². The number of fused-ring (bicyclic) bond motifs is 5. The van der Waals surface area contributed by atoms with Crippen LogP contribution in [0.2, 0.25) is 0 Å². The Hall–Kier alpha value is -2.23. The van der Waals surface area contributed by atoms with Gasteiger partial charge in [0.2, 0.25) is 11.8 Å². The van der Waals surface area contributed by atoms with Crippen molar-refractivity contribution < 1.29 is 14.4 Å². The fourth-order valence-electron chi connectivity index (χ4n) is 4.00. The molecule has 1 aromatic carbocycles. The molecule has 0 spiro atoms. The van der Waals surface area contributed by atoms with E-state index in [1.807, 2.05) is 0 Å². The van der Waals surface area contributed by atoms with Crippen LogP contribution in [0.1, 0.15) is 23.7 Å². The van der Waals surface area contributed by atoms with Gasteiger partial charge in [0, 0.05) is 5.56 Å². The van der Waals surface area contributed by atoms with E-state index < -0.39 is 0 Å². The molecule has 1 aromatic rings. The molecule has 2 fully saturated rings. The first kappa shape index (κ1) is 12.5. The van der Waals surface area contributed by atoms with Gasteiger partial charge >= 0.3 is 0 Å². The highest BCUT2D eigenvalue weighted by Gasteiger charge is 2.59. The molecule has 2 amide bonds. The maximum Gasteiger partial charge on any atom is 0.238 e. The minimum Gasteiger partial charge on any atom is -0.295 e. The molecule has 2 unspecified atom stereocenters. The Bertz CT molecular complexity index is 658. The number of hydrogen-bond acceptors (Lipinski definition) is 3. The molecule has 1 saturated carbocycles. The topological polar surface area (TPSA) is 54.5 Å². The standard InChI is InChI=1S/C17H15NO3/c1-9(19)10-4-6-13(7-5-10)18-16(20)14-11-2-3-12(8-11)15(14)17(18)21/h2-7,11-12,14-15H,8H2,1H3/t11?,12?,14-,15+. The lowest BCUT2D eigenvalue weighted by Crippen LogP contribution is -2.32. The van der Waals surface area contributed by atoms with Gasteiger partial charge in [0.1, 0.15) is 0 Å².